The average Bonchev–Trinajstić information content (AvgIpc) is 3.02. The predicted molar refractivity (Wildman–Crippen MR) is 79.4 cm³/mol. The molecule has 2 aromatic heterocycles. The second-order valence-electron chi connectivity index (χ2n) is 4.62. The maximum Gasteiger partial charge on any atom is 0.217 e. The molecule has 104 valence electrons. The van der Waals surface area contributed by atoms with E-state index in [1.54, 1.807) is 6.20 Å². The Morgan fingerprint density at radius 2 is 2.20 bits per heavy atom. The Bertz CT molecular complexity index is 763. The van der Waals surface area contributed by atoms with Crippen molar-refractivity contribution < 1.29 is 4.42 Å². The van der Waals surface area contributed by atoms with E-state index >= 15 is 0 Å². The summed E-state index contributed by atoms with van der Waals surface area (Å²) in [6.07, 6.45) is 1.70. The standard InChI is InChI=1S/C14H13Cl2N3O/c1-8-7-17-14(20-8)9(2)19-12(6-15)18-11-5-3-4-10(16)13(11)19/h3-5,7,9H,6H2,1-2H3. The van der Waals surface area contributed by atoms with Gasteiger partial charge in [0.15, 0.2) is 0 Å². The fraction of sp³-hybridized carbons (Fsp3) is 0.286. The summed E-state index contributed by atoms with van der Waals surface area (Å²) in [5, 5.41) is 0.640. The van der Waals surface area contributed by atoms with E-state index in [4.69, 9.17) is 27.6 Å². The van der Waals surface area contributed by atoms with Crippen LogP contribution in [-0.4, -0.2) is 14.5 Å². The first-order valence-corrected chi connectivity index (χ1v) is 7.16. The van der Waals surface area contributed by atoms with Crippen LogP contribution < -0.4 is 0 Å². The van der Waals surface area contributed by atoms with Gasteiger partial charge < -0.3 is 8.98 Å². The molecule has 0 aliphatic heterocycles. The van der Waals surface area contributed by atoms with Crippen LogP contribution >= 0.6 is 23.2 Å². The highest BCUT2D eigenvalue weighted by Gasteiger charge is 2.21. The number of imidazole rings is 1. The summed E-state index contributed by atoms with van der Waals surface area (Å²) < 4.78 is 7.59. The Labute approximate surface area is 126 Å². The SMILES string of the molecule is Cc1cnc(C(C)n2c(CCl)nc3cccc(Cl)c32)o1. The molecule has 0 spiro atoms. The van der Waals surface area contributed by atoms with Gasteiger partial charge in [0.2, 0.25) is 5.89 Å². The minimum Gasteiger partial charge on any atom is -0.444 e. The zero-order valence-corrected chi connectivity index (χ0v) is 12.6. The third-order valence-corrected chi connectivity index (χ3v) is 3.78. The summed E-state index contributed by atoms with van der Waals surface area (Å²) >= 11 is 12.3. The molecule has 0 aliphatic carbocycles. The molecule has 1 unspecified atom stereocenters. The first kappa shape index (κ1) is 13.5. The molecule has 2 heterocycles. The van der Waals surface area contributed by atoms with Gasteiger partial charge in [0.25, 0.3) is 0 Å². The number of aryl methyl sites for hydroxylation is 1. The van der Waals surface area contributed by atoms with E-state index < -0.39 is 0 Å². The van der Waals surface area contributed by atoms with Crippen molar-refractivity contribution in [2.75, 3.05) is 0 Å². The van der Waals surface area contributed by atoms with Crippen molar-refractivity contribution in [3.63, 3.8) is 0 Å². The molecule has 0 aliphatic rings. The van der Waals surface area contributed by atoms with Crippen molar-refractivity contribution >= 4 is 34.2 Å². The maximum atomic E-state index is 6.31. The lowest BCUT2D eigenvalue weighted by Crippen LogP contribution is -2.10. The van der Waals surface area contributed by atoms with Gasteiger partial charge in [-0.3, -0.25) is 0 Å². The van der Waals surface area contributed by atoms with E-state index in [1.807, 2.05) is 36.6 Å². The molecule has 0 N–H and O–H groups in total. The van der Waals surface area contributed by atoms with E-state index in [0.717, 1.165) is 22.6 Å². The van der Waals surface area contributed by atoms with Crippen LogP contribution in [0.1, 0.15) is 30.4 Å². The Hall–Kier alpha value is -1.52. The van der Waals surface area contributed by atoms with Crippen molar-refractivity contribution in [1.29, 1.82) is 0 Å². The fourth-order valence-corrected chi connectivity index (χ4v) is 2.79. The summed E-state index contributed by atoms with van der Waals surface area (Å²) in [6, 6.07) is 5.51. The number of hydrogen-bond acceptors (Lipinski definition) is 3. The summed E-state index contributed by atoms with van der Waals surface area (Å²) in [5.74, 6) is 2.44. The molecule has 1 aromatic carbocycles. The van der Waals surface area contributed by atoms with Gasteiger partial charge in [-0.15, -0.1) is 11.6 Å². The molecule has 0 amide bonds. The van der Waals surface area contributed by atoms with Gasteiger partial charge >= 0.3 is 0 Å². The van der Waals surface area contributed by atoms with Crippen molar-refractivity contribution in [1.82, 2.24) is 14.5 Å². The van der Waals surface area contributed by atoms with Gasteiger partial charge in [-0.1, -0.05) is 17.7 Å². The summed E-state index contributed by atoms with van der Waals surface area (Å²) in [7, 11) is 0. The van der Waals surface area contributed by atoms with E-state index in [0.29, 0.717) is 16.8 Å². The molecule has 0 saturated carbocycles. The number of para-hydroxylation sites is 1. The van der Waals surface area contributed by atoms with Crippen molar-refractivity contribution in [2.24, 2.45) is 0 Å². The van der Waals surface area contributed by atoms with Gasteiger partial charge in [-0.2, -0.15) is 0 Å². The topological polar surface area (TPSA) is 43.9 Å². The van der Waals surface area contributed by atoms with Crippen molar-refractivity contribution in [2.45, 2.75) is 25.8 Å². The molecule has 0 saturated heterocycles. The minimum atomic E-state index is -0.123. The molecule has 3 aromatic rings. The molecule has 3 rings (SSSR count). The number of aromatic nitrogens is 3. The normalized spacial score (nSPS) is 13.0. The zero-order valence-electron chi connectivity index (χ0n) is 11.1. The second-order valence-corrected chi connectivity index (χ2v) is 5.30. The van der Waals surface area contributed by atoms with Crippen LogP contribution in [0.4, 0.5) is 0 Å². The second kappa shape index (κ2) is 5.11. The number of hydrogen-bond donors (Lipinski definition) is 0. The highest BCUT2D eigenvalue weighted by atomic mass is 35.5. The molecule has 20 heavy (non-hydrogen) atoms. The lowest BCUT2D eigenvalue weighted by Gasteiger charge is -2.14. The van der Waals surface area contributed by atoms with E-state index in [9.17, 15) is 0 Å². The third kappa shape index (κ3) is 2.09. The summed E-state index contributed by atoms with van der Waals surface area (Å²) in [5.41, 5.74) is 1.68. The van der Waals surface area contributed by atoms with Crippen LogP contribution in [0.3, 0.4) is 0 Å². The van der Waals surface area contributed by atoms with Gasteiger partial charge in [0, 0.05) is 0 Å². The Morgan fingerprint density at radius 1 is 1.40 bits per heavy atom. The highest BCUT2D eigenvalue weighted by molar-refractivity contribution is 6.35. The van der Waals surface area contributed by atoms with Crippen molar-refractivity contribution in [3.8, 4) is 0 Å². The molecular weight excluding hydrogens is 297 g/mol. The number of alkyl halides is 1. The summed E-state index contributed by atoms with van der Waals surface area (Å²) in [4.78, 5) is 8.80. The number of fused-ring (bicyclic) bond motifs is 1. The lowest BCUT2D eigenvalue weighted by atomic mass is 10.2. The largest absolute Gasteiger partial charge is 0.444 e. The Morgan fingerprint density at radius 3 is 2.85 bits per heavy atom. The Balaban J connectivity index is 2.23. The Kier molecular flexibility index (Phi) is 3.44. The number of benzene rings is 1. The van der Waals surface area contributed by atoms with Crippen molar-refractivity contribution in [3.05, 3.63) is 46.9 Å². The molecule has 6 heteroatoms. The van der Waals surface area contributed by atoms with Gasteiger partial charge in [-0.05, 0) is 26.0 Å². The molecule has 0 fully saturated rings. The average molecular weight is 310 g/mol. The fourth-order valence-electron chi connectivity index (χ4n) is 2.34. The summed E-state index contributed by atoms with van der Waals surface area (Å²) in [6.45, 7) is 3.86. The number of nitrogens with zero attached hydrogens (tertiary/aromatic N) is 3. The van der Waals surface area contributed by atoms with Gasteiger partial charge in [0.05, 0.1) is 28.1 Å². The van der Waals surface area contributed by atoms with Crippen LogP contribution in [0.15, 0.2) is 28.8 Å². The molecule has 0 bridgehead atoms. The van der Waals surface area contributed by atoms with E-state index in [2.05, 4.69) is 9.97 Å². The monoisotopic (exact) mass is 309 g/mol. The number of rotatable bonds is 3. The minimum absolute atomic E-state index is 0.123. The smallest absolute Gasteiger partial charge is 0.217 e. The maximum absolute atomic E-state index is 6.31. The van der Waals surface area contributed by atoms with Gasteiger partial charge in [0.1, 0.15) is 17.6 Å². The first-order chi connectivity index (χ1) is 9.61. The number of halogens is 2. The molecule has 0 radical (unpaired) electrons. The van der Waals surface area contributed by atoms with Crippen LogP contribution in [0.25, 0.3) is 11.0 Å². The van der Waals surface area contributed by atoms with Crippen LogP contribution in [0.2, 0.25) is 5.02 Å². The molecule has 4 nitrogen and oxygen atoms in total. The molecule has 1 atom stereocenters. The van der Waals surface area contributed by atoms with E-state index in [-0.39, 0.29) is 6.04 Å². The zero-order chi connectivity index (χ0) is 14.3. The number of oxazole rings is 1. The molecular formula is C14H13Cl2N3O. The van der Waals surface area contributed by atoms with Crippen LogP contribution in [0.5, 0.6) is 0 Å². The van der Waals surface area contributed by atoms with E-state index in [1.165, 1.54) is 0 Å². The third-order valence-electron chi connectivity index (χ3n) is 3.24. The highest BCUT2D eigenvalue weighted by Crippen LogP contribution is 2.31. The predicted octanol–water partition coefficient (Wildman–Crippen LogP) is 4.33. The van der Waals surface area contributed by atoms with Gasteiger partial charge in [-0.25, -0.2) is 9.97 Å². The first-order valence-electron chi connectivity index (χ1n) is 6.25. The van der Waals surface area contributed by atoms with Crippen LogP contribution in [-0.2, 0) is 5.88 Å². The van der Waals surface area contributed by atoms with Crippen LogP contribution in [0, 0.1) is 6.92 Å². The quantitative estimate of drug-likeness (QED) is 0.676. The lowest BCUT2D eigenvalue weighted by molar-refractivity contribution is 0.415.